The lowest BCUT2D eigenvalue weighted by molar-refractivity contribution is 0.231. The van der Waals surface area contributed by atoms with Gasteiger partial charge in [0.2, 0.25) is 0 Å². The lowest BCUT2D eigenvalue weighted by Crippen LogP contribution is -2.50. The smallest absolute Gasteiger partial charge is 0.0367 e. The Morgan fingerprint density at radius 2 is 2.00 bits per heavy atom. The summed E-state index contributed by atoms with van der Waals surface area (Å²) in [7, 11) is 1.99. The van der Waals surface area contributed by atoms with Gasteiger partial charge in [0.25, 0.3) is 0 Å². The molecule has 2 aliphatic heterocycles. The molecule has 3 heteroatoms. The van der Waals surface area contributed by atoms with Crippen LogP contribution < -0.4 is 10.2 Å². The predicted molar refractivity (Wildman–Crippen MR) is 76.0 cm³/mol. The molecule has 2 aliphatic rings. The Morgan fingerprint density at radius 1 is 1.17 bits per heavy atom. The number of anilines is 1. The molecule has 2 heterocycles. The number of hydrogen-bond acceptors (Lipinski definition) is 3. The van der Waals surface area contributed by atoms with Crippen LogP contribution in [0, 0.1) is 0 Å². The van der Waals surface area contributed by atoms with Crippen molar-refractivity contribution in [2.45, 2.75) is 25.4 Å². The van der Waals surface area contributed by atoms with Crippen molar-refractivity contribution in [2.75, 3.05) is 38.1 Å². The standard InChI is InChI=1S/C15H23N3/c1-16-11-13-4-6-14(7-5-13)18-10-9-17-8-2-3-15(17)12-18/h4-7,15-16H,2-3,8-12H2,1H3. The summed E-state index contributed by atoms with van der Waals surface area (Å²) in [5.74, 6) is 0. The van der Waals surface area contributed by atoms with Crippen molar-refractivity contribution in [1.29, 1.82) is 0 Å². The molecule has 2 saturated heterocycles. The van der Waals surface area contributed by atoms with E-state index in [4.69, 9.17) is 0 Å². The van der Waals surface area contributed by atoms with Gasteiger partial charge in [-0.3, -0.25) is 4.90 Å². The third-order valence-corrected chi connectivity index (χ3v) is 4.27. The van der Waals surface area contributed by atoms with Gasteiger partial charge in [0.05, 0.1) is 0 Å². The molecule has 0 radical (unpaired) electrons. The molecule has 98 valence electrons. The highest BCUT2D eigenvalue weighted by atomic mass is 15.3. The Labute approximate surface area is 110 Å². The van der Waals surface area contributed by atoms with Crippen LogP contribution in [-0.4, -0.2) is 44.2 Å². The highest BCUT2D eigenvalue weighted by Gasteiger charge is 2.30. The molecule has 3 nitrogen and oxygen atoms in total. The molecule has 1 aromatic carbocycles. The Hall–Kier alpha value is -1.06. The van der Waals surface area contributed by atoms with Crippen LogP contribution in [0.25, 0.3) is 0 Å². The average Bonchev–Trinajstić information content (AvgIpc) is 2.87. The van der Waals surface area contributed by atoms with Crippen LogP contribution in [0.2, 0.25) is 0 Å². The highest BCUT2D eigenvalue weighted by molar-refractivity contribution is 5.48. The van der Waals surface area contributed by atoms with Gasteiger partial charge < -0.3 is 10.2 Å². The summed E-state index contributed by atoms with van der Waals surface area (Å²) in [6.07, 6.45) is 2.77. The average molecular weight is 245 g/mol. The van der Waals surface area contributed by atoms with E-state index in [1.807, 2.05) is 7.05 Å². The first-order valence-electron chi connectivity index (χ1n) is 7.09. The Bertz CT molecular complexity index is 387. The molecule has 2 fully saturated rings. The molecule has 0 aliphatic carbocycles. The van der Waals surface area contributed by atoms with Crippen molar-refractivity contribution in [3.8, 4) is 0 Å². The molecule has 3 rings (SSSR count). The molecule has 0 bridgehead atoms. The first-order chi connectivity index (χ1) is 8.86. The number of nitrogens with one attached hydrogen (secondary N) is 1. The zero-order valence-electron chi connectivity index (χ0n) is 11.2. The van der Waals surface area contributed by atoms with Crippen molar-refractivity contribution >= 4 is 5.69 Å². The molecule has 0 amide bonds. The SMILES string of the molecule is CNCc1ccc(N2CCN3CCCC3C2)cc1. The van der Waals surface area contributed by atoms with E-state index in [9.17, 15) is 0 Å². The minimum Gasteiger partial charge on any atom is -0.369 e. The van der Waals surface area contributed by atoms with Gasteiger partial charge in [-0.05, 0) is 44.1 Å². The number of benzene rings is 1. The van der Waals surface area contributed by atoms with Crippen molar-refractivity contribution in [2.24, 2.45) is 0 Å². The summed E-state index contributed by atoms with van der Waals surface area (Å²) in [6, 6.07) is 9.84. The van der Waals surface area contributed by atoms with Crippen molar-refractivity contribution in [3.05, 3.63) is 29.8 Å². The second-order valence-corrected chi connectivity index (χ2v) is 5.47. The van der Waals surface area contributed by atoms with Gasteiger partial charge in [-0.15, -0.1) is 0 Å². The zero-order chi connectivity index (χ0) is 12.4. The summed E-state index contributed by atoms with van der Waals surface area (Å²) in [5, 5.41) is 3.19. The van der Waals surface area contributed by atoms with Gasteiger partial charge in [-0.2, -0.15) is 0 Å². The fraction of sp³-hybridized carbons (Fsp3) is 0.600. The van der Waals surface area contributed by atoms with Crippen LogP contribution >= 0.6 is 0 Å². The summed E-state index contributed by atoms with van der Waals surface area (Å²) >= 11 is 0. The Morgan fingerprint density at radius 3 is 2.78 bits per heavy atom. The maximum atomic E-state index is 3.19. The fourth-order valence-electron chi connectivity index (χ4n) is 3.25. The Balaban J connectivity index is 1.67. The molecule has 0 saturated carbocycles. The van der Waals surface area contributed by atoms with Gasteiger partial charge in [0.1, 0.15) is 0 Å². The lowest BCUT2D eigenvalue weighted by Gasteiger charge is -2.38. The van der Waals surface area contributed by atoms with Crippen molar-refractivity contribution < 1.29 is 0 Å². The minimum atomic E-state index is 0.802. The molecule has 1 atom stereocenters. The summed E-state index contributed by atoms with van der Waals surface area (Å²) in [4.78, 5) is 5.21. The second kappa shape index (κ2) is 5.29. The molecular weight excluding hydrogens is 222 g/mol. The van der Waals surface area contributed by atoms with Gasteiger partial charge in [0.15, 0.2) is 0 Å². The van der Waals surface area contributed by atoms with Crippen LogP contribution in [0.5, 0.6) is 0 Å². The zero-order valence-corrected chi connectivity index (χ0v) is 11.2. The van der Waals surface area contributed by atoms with Gasteiger partial charge in [0, 0.05) is 37.9 Å². The van der Waals surface area contributed by atoms with Crippen molar-refractivity contribution in [1.82, 2.24) is 10.2 Å². The van der Waals surface area contributed by atoms with Crippen LogP contribution in [0.3, 0.4) is 0 Å². The number of hydrogen-bond donors (Lipinski definition) is 1. The number of fused-ring (bicyclic) bond motifs is 1. The molecule has 0 spiro atoms. The lowest BCUT2D eigenvalue weighted by atomic mass is 10.1. The molecule has 1 N–H and O–H groups in total. The quantitative estimate of drug-likeness (QED) is 0.874. The summed E-state index contributed by atoms with van der Waals surface area (Å²) < 4.78 is 0. The van der Waals surface area contributed by atoms with Crippen LogP contribution in [0.15, 0.2) is 24.3 Å². The van der Waals surface area contributed by atoms with Crippen LogP contribution in [0.1, 0.15) is 18.4 Å². The maximum Gasteiger partial charge on any atom is 0.0367 e. The topological polar surface area (TPSA) is 18.5 Å². The van der Waals surface area contributed by atoms with E-state index in [0.717, 1.165) is 12.6 Å². The van der Waals surface area contributed by atoms with Crippen molar-refractivity contribution in [3.63, 3.8) is 0 Å². The summed E-state index contributed by atoms with van der Waals surface area (Å²) in [6.45, 7) is 5.91. The van der Waals surface area contributed by atoms with E-state index >= 15 is 0 Å². The maximum absolute atomic E-state index is 3.19. The van der Waals surface area contributed by atoms with E-state index in [-0.39, 0.29) is 0 Å². The first kappa shape index (κ1) is 12.0. The van der Waals surface area contributed by atoms with E-state index in [0.29, 0.717) is 0 Å². The van der Waals surface area contributed by atoms with Gasteiger partial charge >= 0.3 is 0 Å². The van der Waals surface area contributed by atoms with Gasteiger partial charge in [-0.25, -0.2) is 0 Å². The van der Waals surface area contributed by atoms with Crippen LogP contribution in [0.4, 0.5) is 5.69 Å². The molecular formula is C15H23N3. The first-order valence-corrected chi connectivity index (χ1v) is 7.09. The molecule has 0 aromatic heterocycles. The highest BCUT2D eigenvalue weighted by Crippen LogP contribution is 2.25. The number of piperazine rings is 1. The normalized spacial score (nSPS) is 24.3. The summed E-state index contributed by atoms with van der Waals surface area (Å²) in [5.41, 5.74) is 2.75. The monoisotopic (exact) mass is 245 g/mol. The minimum absolute atomic E-state index is 0.802. The van der Waals surface area contributed by atoms with E-state index in [2.05, 4.69) is 39.4 Å². The third-order valence-electron chi connectivity index (χ3n) is 4.27. The molecule has 1 aromatic rings. The van der Waals surface area contributed by atoms with E-state index in [1.54, 1.807) is 0 Å². The van der Waals surface area contributed by atoms with Gasteiger partial charge in [-0.1, -0.05) is 12.1 Å². The van der Waals surface area contributed by atoms with E-state index in [1.165, 1.54) is 50.3 Å². The molecule has 18 heavy (non-hydrogen) atoms. The Kier molecular flexibility index (Phi) is 3.52. The predicted octanol–water partition coefficient (Wildman–Crippen LogP) is 1.69. The largest absolute Gasteiger partial charge is 0.369 e. The number of rotatable bonds is 3. The molecule has 1 unspecified atom stereocenters. The van der Waals surface area contributed by atoms with E-state index < -0.39 is 0 Å². The fourth-order valence-corrected chi connectivity index (χ4v) is 3.25. The third kappa shape index (κ3) is 2.38. The second-order valence-electron chi connectivity index (χ2n) is 5.47. The number of nitrogens with zero attached hydrogens (tertiary/aromatic N) is 2. The van der Waals surface area contributed by atoms with Crippen LogP contribution in [-0.2, 0) is 6.54 Å².